The minimum atomic E-state index is -0.238. The third kappa shape index (κ3) is 3.09. The number of carbonyl (C=O) groups is 1. The molecule has 2 N–H and O–H groups in total. The number of hydrogen-bond acceptors (Lipinski definition) is 3. The van der Waals surface area contributed by atoms with Crippen LogP contribution in [0, 0.1) is 6.92 Å². The van der Waals surface area contributed by atoms with Crippen molar-refractivity contribution in [2.24, 2.45) is 7.05 Å². The molecule has 0 fully saturated rings. The second kappa shape index (κ2) is 5.35. The van der Waals surface area contributed by atoms with Crippen molar-refractivity contribution in [2.75, 3.05) is 11.9 Å². The van der Waals surface area contributed by atoms with Crippen LogP contribution in [-0.2, 0) is 13.6 Å². The maximum absolute atomic E-state index is 11.6. The van der Waals surface area contributed by atoms with E-state index in [2.05, 4.69) is 20.7 Å². The van der Waals surface area contributed by atoms with Crippen LogP contribution in [0.15, 0.2) is 24.8 Å². The number of rotatable bonds is 4. The van der Waals surface area contributed by atoms with E-state index in [0.29, 0.717) is 18.9 Å². The maximum Gasteiger partial charge on any atom is 0.320 e. The number of carbonyl (C=O) groups excluding carboxylic acids is 1. The zero-order valence-corrected chi connectivity index (χ0v) is 10.4. The van der Waals surface area contributed by atoms with Gasteiger partial charge in [-0.2, -0.15) is 5.10 Å². The molecule has 7 heteroatoms. The van der Waals surface area contributed by atoms with Gasteiger partial charge in [0.2, 0.25) is 0 Å². The summed E-state index contributed by atoms with van der Waals surface area (Å²) in [7, 11) is 1.79. The zero-order valence-electron chi connectivity index (χ0n) is 10.4. The van der Waals surface area contributed by atoms with E-state index in [4.69, 9.17) is 0 Å². The number of hydrogen-bond donors (Lipinski definition) is 2. The first-order chi connectivity index (χ1) is 8.65. The van der Waals surface area contributed by atoms with Crippen LogP contribution >= 0.6 is 0 Å². The molecule has 0 saturated carbocycles. The highest BCUT2D eigenvalue weighted by Crippen LogP contribution is 2.07. The summed E-state index contributed by atoms with van der Waals surface area (Å²) >= 11 is 0. The van der Waals surface area contributed by atoms with Crippen LogP contribution in [0.25, 0.3) is 0 Å². The van der Waals surface area contributed by atoms with E-state index < -0.39 is 0 Å². The van der Waals surface area contributed by atoms with Gasteiger partial charge in [-0.1, -0.05) is 0 Å². The fourth-order valence-electron chi connectivity index (χ4n) is 1.61. The van der Waals surface area contributed by atoms with E-state index >= 15 is 0 Å². The molecule has 2 aromatic rings. The molecule has 7 nitrogen and oxygen atoms in total. The van der Waals surface area contributed by atoms with Crippen molar-refractivity contribution in [3.63, 3.8) is 0 Å². The van der Waals surface area contributed by atoms with E-state index in [0.717, 1.165) is 5.69 Å². The Morgan fingerprint density at radius 1 is 1.50 bits per heavy atom. The number of nitrogens with one attached hydrogen (secondary N) is 2. The molecule has 18 heavy (non-hydrogen) atoms. The summed E-state index contributed by atoms with van der Waals surface area (Å²) in [4.78, 5) is 15.5. The monoisotopic (exact) mass is 248 g/mol. The maximum atomic E-state index is 11.6. The molecule has 2 amide bonds. The molecule has 96 valence electrons. The first-order valence-corrected chi connectivity index (χ1v) is 5.66. The summed E-state index contributed by atoms with van der Waals surface area (Å²) in [5, 5.41) is 9.65. The van der Waals surface area contributed by atoms with Gasteiger partial charge in [0.05, 0.1) is 12.0 Å². The molecule has 0 atom stereocenters. The van der Waals surface area contributed by atoms with Crippen molar-refractivity contribution in [1.82, 2.24) is 24.6 Å². The minimum Gasteiger partial charge on any atom is -0.336 e. The number of imidazole rings is 1. The van der Waals surface area contributed by atoms with E-state index in [-0.39, 0.29) is 6.03 Å². The van der Waals surface area contributed by atoms with E-state index in [9.17, 15) is 4.79 Å². The topological polar surface area (TPSA) is 76.8 Å². The Morgan fingerprint density at radius 2 is 2.33 bits per heavy atom. The number of aryl methyl sites for hydroxylation is 2. The number of amides is 2. The van der Waals surface area contributed by atoms with Crippen LogP contribution in [0.3, 0.4) is 0 Å². The van der Waals surface area contributed by atoms with Crippen molar-refractivity contribution < 1.29 is 4.79 Å². The summed E-state index contributed by atoms with van der Waals surface area (Å²) in [6.45, 7) is 3.11. The average molecular weight is 248 g/mol. The van der Waals surface area contributed by atoms with Crippen LogP contribution in [0.5, 0.6) is 0 Å². The lowest BCUT2D eigenvalue weighted by Crippen LogP contribution is -2.32. The molecule has 0 aromatic carbocycles. The van der Waals surface area contributed by atoms with Gasteiger partial charge in [-0.3, -0.25) is 10.00 Å². The minimum absolute atomic E-state index is 0.238. The van der Waals surface area contributed by atoms with Crippen molar-refractivity contribution in [2.45, 2.75) is 13.5 Å². The first kappa shape index (κ1) is 12.2. The normalized spacial score (nSPS) is 10.3. The lowest BCUT2D eigenvalue weighted by atomic mass is 10.5. The molecular weight excluding hydrogens is 232 g/mol. The van der Waals surface area contributed by atoms with Gasteiger partial charge in [-0.25, -0.2) is 9.78 Å². The van der Waals surface area contributed by atoms with Gasteiger partial charge in [0.25, 0.3) is 0 Å². The van der Waals surface area contributed by atoms with Crippen LogP contribution in [0.2, 0.25) is 0 Å². The first-order valence-electron chi connectivity index (χ1n) is 5.66. The zero-order chi connectivity index (χ0) is 13.0. The lowest BCUT2D eigenvalue weighted by molar-refractivity contribution is 0.251. The largest absolute Gasteiger partial charge is 0.336 e. The van der Waals surface area contributed by atoms with Crippen LogP contribution in [0.1, 0.15) is 5.69 Å². The SMILES string of the molecule is Cc1cc(NC(=O)NCCn2ccnc2)n(C)n1. The Hall–Kier alpha value is -2.31. The third-order valence-corrected chi connectivity index (χ3v) is 2.46. The van der Waals surface area contributed by atoms with E-state index in [1.54, 1.807) is 24.3 Å². The fraction of sp³-hybridized carbons (Fsp3) is 0.364. The fourth-order valence-corrected chi connectivity index (χ4v) is 1.61. The highest BCUT2D eigenvalue weighted by atomic mass is 16.2. The molecular formula is C11H16N6O. The second-order valence-electron chi connectivity index (χ2n) is 3.98. The third-order valence-electron chi connectivity index (χ3n) is 2.46. The van der Waals surface area contributed by atoms with Gasteiger partial charge in [0, 0.05) is 38.6 Å². The Labute approximate surface area is 105 Å². The number of aromatic nitrogens is 4. The number of urea groups is 1. The van der Waals surface area contributed by atoms with Crippen LogP contribution in [0.4, 0.5) is 10.6 Å². The summed E-state index contributed by atoms with van der Waals surface area (Å²) in [6, 6.07) is 1.58. The Morgan fingerprint density at radius 3 is 2.94 bits per heavy atom. The molecule has 0 aliphatic carbocycles. The standard InChI is InChI=1S/C11H16N6O/c1-9-7-10(16(2)15-9)14-11(18)13-4-6-17-5-3-12-8-17/h3,5,7-8H,4,6H2,1-2H3,(H2,13,14,18). The van der Waals surface area contributed by atoms with E-state index in [1.165, 1.54) is 0 Å². The number of nitrogens with zero attached hydrogens (tertiary/aromatic N) is 4. The summed E-state index contributed by atoms with van der Waals surface area (Å²) in [6.07, 6.45) is 5.27. The van der Waals surface area contributed by atoms with Crippen molar-refractivity contribution in [1.29, 1.82) is 0 Å². The Balaban J connectivity index is 1.77. The van der Waals surface area contributed by atoms with Gasteiger partial charge < -0.3 is 9.88 Å². The molecule has 0 unspecified atom stereocenters. The highest BCUT2D eigenvalue weighted by Gasteiger charge is 2.05. The molecule has 2 heterocycles. The molecule has 0 spiro atoms. The van der Waals surface area contributed by atoms with Crippen molar-refractivity contribution in [3.05, 3.63) is 30.5 Å². The van der Waals surface area contributed by atoms with Crippen molar-refractivity contribution in [3.8, 4) is 0 Å². The van der Waals surface area contributed by atoms with E-state index in [1.807, 2.05) is 23.8 Å². The van der Waals surface area contributed by atoms with Crippen molar-refractivity contribution >= 4 is 11.8 Å². The number of anilines is 1. The smallest absolute Gasteiger partial charge is 0.320 e. The van der Waals surface area contributed by atoms with Crippen LogP contribution < -0.4 is 10.6 Å². The average Bonchev–Trinajstić information content (AvgIpc) is 2.90. The van der Waals surface area contributed by atoms with Gasteiger partial charge in [0.1, 0.15) is 5.82 Å². The molecule has 0 saturated heterocycles. The molecule has 2 rings (SSSR count). The van der Waals surface area contributed by atoms with Crippen LogP contribution in [-0.4, -0.2) is 31.9 Å². The quantitative estimate of drug-likeness (QED) is 0.838. The van der Waals surface area contributed by atoms with Gasteiger partial charge in [-0.15, -0.1) is 0 Å². The highest BCUT2D eigenvalue weighted by molar-refractivity contribution is 5.88. The van der Waals surface area contributed by atoms with Gasteiger partial charge >= 0.3 is 6.03 Å². The summed E-state index contributed by atoms with van der Waals surface area (Å²) < 4.78 is 3.53. The Kier molecular flexibility index (Phi) is 3.61. The molecule has 0 aliphatic heterocycles. The molecule has 0 aliphatic rings. The molecule has 0 bridgehead atoms. The molecule has 2 aromatic heterocycles. The second-order valence-corrected chi connectivity index (χ2v) is 3.98. The predicted octanol–water partition coefficient (Wildman–Crippen LogP) is 0.747. The predicted molar refractivity (Wildman–Crippen MR) is 67.2 cm³/mol. The van der Waals surface area contributed by atoms with Gasteiger partial charge in [0.15, 0.2) is 0 Å². The summed E-state index contributed by atoms with van der Waals surface area (Å²) in [5.41, 5.74) is 0.867. The van der Waals surface area contributed by atoms with Gasteiger partial charge in [-0.05, 0) is 6.92 Å². The molecule has 0 radical (unpaired) electrons. The lowest BCUT2D eigenvalue weighted by Gasteiger charge is -2.07. The summed E-state index contributed by atoms with van der Waals surface area (Å²) in [5.74, 6) is 0.674. The Bertz CT molecular complexity index is 516.